The van der Waals surface area contributed by atoms with Crippen LogP contribution < -0.4 is 5.73 Å². The van der Waals surface area contributed by atoms with Gasteiger partial charge in [0, 0.05) is 5.56 Å². The minimum absolute atomic E-state index is 0.210. The van der Waals surface area contributed by atoms with E-state index in [9.17, 15) is 26.7 Å². The number of alkyl halides is 5. The van der Waals surface area contributed by atoms with Crippen molar-refractivity contribution in [2.75, 3.05) is 0 Å². The lowest BCUT2D eigenvalue weighted by Gasteiger charge is -2.19. The van der Waals surface area contributed by atoms with Gasteiger partial charge < -0.3 is 5.73 Å². The van der Waals surface area contributed by atoms with Crippen molar-refractivity contribution >= 4 is 5.91 Å². The Morgan fingerprint density at radius 3 is 1.88 bits per heavy atom. The van der Waals surface area contributed by atoms with Gasteiger partial charge in [0.15, 0.2) is 0 Å². The molecule has 0 aliphatic rings. The van der Waals surface area contributed by atoms with Crippen LogP contribution in [0.25, 0.3) is 0 Å². The summed E-state index contributed by atoms with van der Waals surface area (Å²) in [5.41, 5.74) is 3.96. The standard InChI is InChI=1S/C10H8F5NO/c11-9(12,10(13,14)15)7-3-1-6(2-4-7)5-8(16)17/h1-4H,5H2,(H2,16,17). The van der Waals surface area contributed by atoms with E-state index in [4.69, 9.17) is 5.73 Å². The molecule has 0 aliphatic carbocycles. The molecule has 0 heterocycles. The van der Waals surface area contributed by atoms with E-state index < -0.39 is 23.6 Å². The molecule has 0 bridgehead atoms. The van der Waals surface area contributed by atoms with Gasteiger partial charge in [0.2, 0.25) is 5.91 Å². The number of carbonyl (C=O) groups is 1. The highest BCUT2D eigenvalue weighted by molar-refractivity contribution is 5.76. The SMILES string of the molecule is NC(=O)Cc1ccc(C(F)(F)C(F)(F)F)cc1. The third-order valence-electron chi connectivity index (χ3n) is 2.05. The molecular weight excluding hydrogens is 245 g/mol. The third kappa shape index (κ3) is 2.92. The molecule has 1 amide bonds. The topological polar surface area (TPSA) is 43.1 Å². The summed E-state index contributed by atoms with van der Waals surface area (Å²) < 4.78 is 61.7. The molecule has 1 aromatic rings. The van der Waals surface area contributed by atoms with Crippen molar-refractivity contribution in [2.45, 2.75) is 18.5 Å². The molecule has 1 aromatic carbocycles. The Morgan fingerprint density at radius 1 is 1.06 bits per heavy atom. The number of benzene rings is 1. The first-order chi connectivity index (χ1) is 7.64. The summed E-state index contributed by atoms with van der Waals surface area (Å²) in [4.78, 5) is 10.5. The molecule has 0 aliphatic heterocycles. The van der Waals surface area contributed by atoms with Crippen LogP contribution >= 0.6 is 0 Å². The second-order valence-corrected chi connectivity index (χ2v) is 3.41. The first-order valence-corrected chi connectivity index (χ1v) is 4.47. The molecular formula is C10H8F5NO. The largest absolute Gasteiger partial charge is 0.458 e. The van der Waals surface area contributed by atoms with Crippen molar-refractivity contribution < 1.29 is 26.7 Å². The molecule has 7 heteroatoms. The van der Waals surface area contributed by atoms with E-state index in [1.807, 2.05) is 0 Å². The minimum Gasteiger partial charge on any atom is -0.369 e. The van der Waals surface area contributed by atoms with Crippen molar-refractivity contribution in [1.29, 1.82) is 0 Å². The maximum absolute atomic E-state index is 12.8. The summed E-state index contributed by atoms with van der Waals surface area (Å²) >= 11 is 0. The van der Waals surface area contributed by atoms with Crippen molar-refractivity contribution in [1.82, 2.24) is 0 Å². The lowest BCUT2D eigenvalue weighted by Crippen LogP contribution is -2.33. The van der Waals surface area contributed by atoms with E-state index in [-0.39, 0.29) is 12.0 Å². The van der Waals surface area contributed by atoms with E-state index in [0.29, 0.717) is 12.1 Å². The lowest BCUT2D eigenvalue weighted by molar-refractivity contribution is -0.289. The number of nitrogens with two attached hydrogens (primary N) is 1. The summed E-state index contributed by atoms with van der Waals surface area (Å²) in [5, 5.41) is 0. The van der Waals surface area contributed by atoms with Gasteiger partial charge >= 0.3 is 12.1 Å². The average molecular weight is 253 g/mol. The van der Waals surface area contributed by atoms with Crippen LogP contribution in [-0.2, 0) is 17.1 Å². The van der Waals surface area contributed by atoms with Crippen molar-refractivity contribution in [3.8, 4) is 0 Å². The molecule has 0 spiro atoms. The van der Waals surface area contributed by atoms with Crippen LogP contribution in [-0.4, -0.2) is 12.1 Å². The Morgan fingerprint density at radius 2 is 1.53 bits per heavy atom. The average Bonchev–Trinajstić information content (AvgIpc) is 2.15. The maximum Gasteiger partial charge on any atom is 0.458 e. The highest BCUT2D eigenvalue weighted by atomic mass is 19.4. The molecule has 2 nitrogen and oxygen atoms in total. The summed E-state index contributed by atoms with van der Waals surface area (Å²) in [6, 6.07) is 3.29. The molecule has 0 unspecified atom stereocenters. The highest BCUT2D eigenvalue weighted by Crippen LogP contribution is 2.43. The zero-order chi connectivity index (χ0) is 13.3. The van der Waals surface area contributed by atoms with Crippen molar-refractivity contribution in [3.63, 3.8) is 0 Å². The number of amides is 1. The molecule has 2 N–H and O–H groups in total. The molecule has 0 fully saturated rings. The van der Waals surface area contributed by atoms with Crippen LogP contribution in [0.4, 0.5) is 22.0 Å². The minimum atomic E-state index is -5.64. The van der Waals surface area contributed by atoms with Gasteiger partial charge in [-0.15, -0.1) is 0 Å². The van der Waals surface area contributed by atoms with Crippen LogP contribution in [0.2, 0.25) is 0 Å². The Balaban J connectivity index is 2.99. The van der Waals surface area contributed by atoms with Gasteiger partial charge in [0.05, 0.1) is 6.42 Å². The van der Waals surface area contributed by atoms with Gasteiger partial charge in [0.25, 0.3) is 0 Å². The fourth-order valence-electron chi connectivity index (χ4n) is 1.20. The number of rotatable bonds is 3. The van der Waals surface area contributed by atoms with Crippen LogP contribution in [0, 0.1) is 0 Å². The Kier molecular flexibility index (Phi) is 3.40. The van der Waals surface area contributed by atoms with E-state index in [2.05, 4.69) is 0 Å². The Labute approximate surface area is 93.2 Å². The van der Waals surface area contributed by atoms with Gasteiger partial charge in [-0.2, -0.15) is 22.0 Å². The fourth-order valence-corrected chi connectivity index (χ4v) is 1.20. The first-order valence-electron chi connectivity index (χ1n) is 4.47. The zero-order valence-corrected chi connectivity index (χ0v) is 8.39. The molecule has 0 aromatic heterocycles. The quantitative estimate of drug-likeness (QED) is 0.825. The van der Waals surface area contributed by atoms with Crippen molar-refractivity contribution in [2.24, 2.45) is 5.73 Å². The third-order valence-corrected chi connectivity index (χ3v) is 2.05. The second kappa shape index (κ2) is 4.31. The van der Waals surface area contributed by atoms with Gasteiger partial charge in [-0.05, 0) is 5.56 Å². The Hall–Kier alpha value is -1.66. The molecule has 0 atom stereocenters. The van der Waals surface area contributed by atoms with Gasteiger partial charge in [0.1, 0.15) is 0 Å². The summed E-state index contributed by atoms with van der Waals surface area (Å²) in [5.74, 6) is -5.60. The molecule has 94 valence electrons. The van der Waals surface area contributed by atoms with Crippen LogP contribution in [0.5, 0.6) is 0 Å². The number of primary amides is 1. The smallest absolute Gasteiger partial charge is 0.369 e. The molecule has 1 rings (SSSR count). The molecule has 17 heavy (non-hydrogen) atoms. The molecule has 0 saturated heterocycles. The number of halogens is 5. The summed E-state index contributed by atoms with van der Waals surface area (Å²) in [6.07, 6.45) is -5.85. The van der Waals surface area contributed by atoms with Gasteiger partial charge in [-0.25, -0.2) is 0 Å². The highest BCUT2D eigenvalue weighted by Gasteiger charge is 2.58. The summed E-state index contributed by atoms with van der Waals surface area (Å²) in [6.45, 7) is 0. The number of carbonyl (C=O) groups excluding carboxylic acids is 1. The van der Waals surface area contributed by atoms with E-state index >= 15 is 0 Å². The lowest BCUT2D eigenvalue weighted by atomic mass is 10.0. The molecule has 0 saturated carbocycles. The number of hydrogen-bond acceptors (Lipinski definition) is 1. The zero-order valence-electron chi connectivity index (χ0n) is 8.39. The van der Waals surface area contributed by atoms with E-state index in [0.717, 1.165) is 12.1 Å². The monoisotopic (exact) mass is 253 g/mol. The normalized spacial score (nSPS) is 12.5. The van der Waals surface area contributed by atoms with E-state index in [1.54, 1.807) is 0 Å². The van der Waals surface area contributed by atoms with Crippen LogP contribution in [0.15, 0.2) is 24.3 Å². The van der Waals surface area contributed by atoms with Crippen LogP contribution in [0.3, 0.4) is 0 Å². The molecule has 0 radical (unpaired) electrons. The van der Waals surface area contributed by atoms with Crippen LogP contribution in [0.1, 0.15) is 11.1 Å². The number of hydrogen-bond donors (Lipinski definition) is 1. The van der Waals surface area contributed by atoms with Gasteiger partial charge in [-0.3, -0.25) is 4.79 Å². The fraction of sp³-hybridized carbons (Fsp3) is 0.300. The predicted octanol–water partition coefficient (Wildman–Crippen LogP) is 2.37. The first kappa shape index (κ1) is 13.4. The van der Waals surface area contributed by atoms with E-state index in [1.165, 1.54) is 0 Å². The van der Waals surface area contributed by atoms with Crippen molar-refractivity contribution in [3.05, 3.63) is 35.4 Å². The van der Waals surface area contributed by atoms with Gasteiger partial charge in [-0.1, -0.05) is 24.3 Å². The Bertz CT molecular complexity index is 410. The summed E-state index contributed by atoms with van der Waals surface area (Å²) in [7, 11) is 0. The maximum atomic E-state index is 12.8. The second-order valence-electron chi connectivity index (χ2n) is 3.41. The predicted molar refractivity (Wildman–Crippen MR) is 49.3 cm³/mol.